The lowest BCUT2D eigenvalue weighted by atomic mass is 9.75. The molecule has 2 aromatic rings. The summed E-state index contributed by atoms with van der Waals surface area (Å²) < 4.78 is 5.03. The van der Waals surface area contributed by atoms with Crippen LogP contribution in [0, 0.1) is 6.92 Å². The van der Waals surface area contributed by atoms with Gasteiger partial charge in [0.05, 0.1) is 35.8 Å². The number of aromatic nitrogens is 1. The van der Waals surface area contributed by atoms with Crippen LogP contribution in [0.2, 0.25) is 5.02 Å². The highest BCUT2D eigenvalue weighted by atomic mass is 35.5. The zero-order valence-corrected chi connectivity index (χ0v) is 18.8. The standard InChI is InChI=1S/C21H24ClN3O4S/c1-14-23-15(13-30-14)12-24(2)18(26)10-21(16-6-4-5-7-17(16)22)11-19(27)25(20(21)28)8-9-29-3/h4-7,13H,8-12H2,1-3H3. The van der Waals surface area contributed by atoms with E-state index in [9.17, 15) is 14.4 Å². The zero-order chi connectivity index (χ0) is 21.9. The van der Waals surface area contributed by atoms with Crippen molar-refractivity contribution in [2.24, 2.45) is 0 Å². The smallest absolute Gasteiger partial charge is 0.241 e. The molecule has 0 aliphatic carbocycles. The average Bonchev–Trinajstić information content (AvgIpc) is 3.21. The van der Waals surface area contributed by atoms with Gasteiger partial charge in [0.1, 0.15) is 0 Å². The molecule has 7 nitrogen and oxygen atoms in total. The van der Waals surface area contributed by atoms with Gasteiger partial charge in [0.15, 0.2) is 0 Å². The lowest BCUT2D eigenvalue weighted by Crippen LogP contribution is -2.43. The van der Waals surface area contributed by atoms with Gasteiger partial charge in [-0.05, 0) is 18.6 Å². The highest BCUT2D eigenvalue weighted by Crippen LogP contribution is 2.43. The Balaban J connectivity index is 1.91. The Kier molecular flexibility index (Phi) is 6.90. The van der Waals surface area contributed by atoms with E-state index in [0.29, 0.717) is 17.1 Å². The van der Waals surface area contributed by atoms with E-state index in [4.69, 9.17) is 16.3 Å². The first kappa shape index (κ1) is 22.4. The third kappa shape index (κ3) is 4.40. The van der Waals surface area contributed by atoms with Gasteiger partial charge < -0.3 is 9.64 Å². The van der Waals surface area contributed by atoms with E-state index in [1.54, 1.807) is 31.3 Å². The summed E-state index contributed by atoms with van der Waals surface area (Å²) in [6, 6.07) is 6.89. The van der Waals surface area contributed by atoms with Crippen LogP contribution in [0.15, 0.2) is 29.6 Å². The van der Waals surface area contributed by atoms with Gasteiger partial charge in [0, 0.05) is 37.4 Å². The zero-order valence-electron chi connectivity index (χ0n) is 17.2. The first-order valence-corrected chi connectivity index (χ1v) is 10.8. The third-order valence-corrected chi connectivity index (χ3v) is 6.41. The van der Waals surface area contributed by atoms with Crippen molar-refractivity contribution in [2.75, 3.05) is 27.3 Å². The molecule has 1 aromatic heterocycles. The van der Waals surface area contributed by atoms with Crippen LogP contribution in [0.3, 0.4) is 0 Å². The second kappa shape index (κ2) is 9.24. The van der Waals surface area contributed by atoms with E-state index in [-0.39, 0.29) is 37.8 Å². The quantitative estimate of drug-likeness (QED) is 0.579. The minimum Gasteiger partial charge on any atom is -0.383 e. The minimum atomic E-state index is -1.33. The first-order chi connectivity index (χ1) is 14.3. The third-order valence-electron chi connectivity index (χ3n) is 5.26. The fraction of sp³-hybridized carbons (Fsp3) is 0.429. The van der Waals surface area contributed by atoms with E-state index >= 15 is 0 Å². The number of aryl methyl sites for hydroxylation is 1. The van der Waals surface area contributed by atoms with Crippen molar-refractivity contribution in [1.82, 2.24) is 14.8 Å². The number of hydrogen-bond donors (Lipinski definition) is 0. The molecule has 9 heteroatoms. The van der Waals surface area contributed by atoms with Gasteiger partial charge in [0.2, 0.25) is 17.7 Å². The van der Waals surface area contributed by atoms with Crippen LogP contribution in [-0.2, 0) is 31.1 Å². The van der Waals surface area contributed by atoms with E-state index in [1.807, 2.05) is 12.3 Å². The van der Waals surface area contributed by atoms with Crippen LogP contribution in [0.4, 0.5) is 0 Å². The van der Waals surface area contributed by atoms with Gasteiger partial charge in [-0.3, -0.25) is 19.3 Å². The molecule has 0 N–H and O–H groups in total. The van der Waals surface area contributed by atoms with Gasteiger partial charge >= 0.3 is 0 Å². The molecule has 1 aliphatic heterocycles. The molecule has 0 spiro atoms. The molecule has 1 fully saturated rings. The maximum absolute atomic E-state index is 13.4. The van der Waals surface area contributed by atoms with Crippen LogP contribution in [0.1, 0.15) is 29.1 Å². The molecule has 1 unspecified atom stereocenters. The number of carbonyl (C=O) groups excluding carboxylic acids is 3. The molecule has 3 rings (SSSR count). The van der Waals surface area contributed by atoms with Crippen molar-refractivity contribution in [3.05, 3.63) is 50.9 Å². The summed E-state index contributed by atoms with van der Waals surface area (Å²) >= 11 is 7.93. The minimum absolute atomic E-state index is 0.103. The molecule has 30 heavy (non-hydrogen) atoms. The molecule has 1 aliphatic rings. The largest absolute Gasteiger partial charge is 0.383 e. The number of ether oxygens (including phenoxy) is 1. The second-order valence-corrected chi connectivity index (χ2v) is 8.84. The monoisotopic (exact) mass is 449 g/mol. The summed E-state index contributed by atoms with van der Waals surface area (Å²) in [6.45, 7) is 2.60. The van der Waals surface area contributed by atoms with Crippen molar-refractivity contribution in [2.45, 2.75) is 31.7 Å². The van der Waals surface area contributed by atoms with Crippen LogP contribution >= 0.6 is 22.9 Å². The van der Waals surface area contributed by atoms with Gasteiger partial charge in [-0.15, -0.1) is 11.3 Å². The van der Waals surface area contributed by atoms with Crippen molar-refractivity contribution in [1.29, 1.82) is 0 Å². The normalized spacial score (nSPS) is 18.9. The first-order valence-electron chi connectivity index (χ1n) is 9.52. The molecule has 1 aromatic carbocycles. The van der Waals surface area contributed by atoms with Crippen molar-refractivity contribution in [3.63, 3.8) is 0 Å². The Morgan fingerprint density at radius 1 is 1.37 bits per heavy atom. The van der Waals surface area contributed by atoms with Gasteiger partial charge in [0.25, 0.3) is 0 Å². The lowest BCUT2D eigenvalue weighted by Gasteiger charge is -2.29. The molecular weight excluding hydrogens is 426 g/mol. The molecule has 1 atom stereocenters. The lowest BCUT2D eigenvalue weighted by molar-refractivity contribution is -0.143. The van der Waals surface area contributed by atoms with Gasteiger partial charge in [-0.2, -0.15) is 0 Å². The maximum atomic E-state index is 13.4. The van der Waals surface area contributed by atoms with Crippen LogP contribution in [-0.4, -0.2) is 59.8 Å². The topological polar surface area (TPSA) is 79.8 Å². The highest BCUT2D eigenvalue weighted by molar-refractivity contribution is 7.09. The molecule has 0 radical (unpaired) electrons. The predicted molar refractivity (Wildman–Crippen MR) is 114 cm³/mol. The van der Waals surface area contributed by atoms with E-state index in [0.717, 1.165) is 10.7 Å². The molecule has 2 heterocycles. The summed E-state index contributed by atoms with van der Waals surface area (Å²) in [5.41, 5.74) is -0.0427. The highest BCUT2D eigenvalue weighted by Gasteiger charge is 2.54. The molecule has 0 saturated carbocycles. The Labute approximate surface area is 184 Å². The number of carbonyl (C=O) groups is 3. The Hall–Kier alpha value is -2.29. The molecule has 160 valence electrons. The van der Waals surface area contributed by atoms with Crippen LogP contribution in [0.5, 0.6) is 0 Å². The summed E-state index contributed by atoms with van der Waals surface area (Å²) in [6.07, 6.45) is -0.251. The Morgan fingerprint density at radius 3 is 2.73 bits per heavy atom. The van der Waals surface area contributed by atoms with E-state index in [1.165, 1.54) is 28.2 Å². The number of benzene rings is 1. The van der Waals surface area contributed by atoms with Crippen LogP contribution in [0.25, 0.3) is 0 Å². The number of likely N-dealkylation sites (tertiary alicyclic amines) is 1. The summed E-state index contributed by atoms with van der Waals surface area (Å²) in [4.78, 5) is 46.3. The number of hydrogen-bond acceptors (Lipinski definition) is 6. The van der Waals surface area contributed by atoms with Crippen LogP contribution < -0.4 is 0 Å². The van der Waals surface area contributed by atoms with Crippen molar-refractivity contribution in [3.8, 4) is 0 Å². The number of rotatable bonds is 8. The van der Waals surface area contributed by atoms with Gasteiger partial charge in [-0.1, -0.05) is 29.8 Å². The maximum Gasteiger partial charge on any atom is 0.241 e. The number of nitrogens with zero attached hydrogens (tertiary/aromatic N) is 3. The number of imide groups is 1. The molecular formula is C21H24ClN3O4S. The Morgan fingerprint density at radius 2 is 2.10 bits per heavy atom. The SMILES string of the molecule is COCCN1C(=O)CC(CC(=O)N(C)Cc2csc(C)n2)(c2ccccc2Cl)C1=O. The van der Waals surface area contributed by atoms with E-state index < -0.39 is 11.3 Å². The molecule has 1 saturated heterocycles. The average molecular weight is 450 g/mol. The van der Waals surface area contributed by atoms with E-state index in [2.05, 4.69) is 4.98 Å². The van der Waals surface area contributed by atoms with Crippen molar-refractivity contribution >= 4 is 40.7 Å². The summed E-state index contributed by atoms with van der Waals surface area (Å²) in [5.74, 6) is -0.998. The number of halogens is 1. The second-order valence-electron chi connectivity index (χ2n) is 7.37. The fourth-order valence-electron chi connectivity index (χ4n) is 3.71. The molecule has 3 amide bonds. The number of amides is 3. The Bertz CT molecular complexity index is 963. The number of thiazole rings is 1. The predicted octanol–water partition coefficient (Wildman–Crippen LogP) is 2.80. The van der Waals surface area contributed by atoms with Gasteiger partial charge in [-0.25, -0.2) is 4.98 Å². The number of methoxy groups -OCH3 is 1. The summed E-state index contributed by atoms with van der Waals surface area (Å²) in [7, 11) is 3.17. The fourth-order valence-corrected chi connectivity index (χ4v) is 4.63. The molecule has 0 bridgehead atoms. The summed E-state index contributed by atoms with van der Waals surface area (Å²) in [5, 5.41) is 3.18. The van der Waals surface area contributed by atoms with Crippen molar-refractivity contribution < 1.29 is 19.1 Å².